The quantitative estimate of drug-likeness (QED) is 0.390. The first-order chi connectivity index (χ1) is 9.38. The lowest BCUT2D eigenvalue weighted by atomic mass is 10.1. The average molecular weight is 298 g/mol. The van der Waals surface area contributed by atoms with E-state index in [9.17, 15) is 14.7 Å². The van der Waals surface area contributed by atoms with E-state index in [-0.39, 0.29) is 17.0 Å². The molecule has 2 aromatic rings. The molecule has 0 saturated heterocycles. The number of pyridine rings is 1. The highest BCUT2D eigenvalue weighted by atomic mass is 31.2. The Balaban J connectivity index is 2.34. The number of benzene rings is 1. The highest BCUT2D eigenvalue weighted by Gasteiger charge is 2.16. The first-order valence-electron chi connectivity index (χ1n) is 5.48. The Bertz CT molecular complexity index is 698. The van der Waals surface area contributed by atoms with Crippen molar-refractivity contribution in [1.29, 1.82) is 0 Å². The lowest BCUT2D eigenvalue weighted by molar-refractivity contribution is -0.383. The van der Waals surface area contributed by atoms with E-state index >= 15 is 0 Å². The number of nitrogens with zero attached hydrogens (tertiary/aromatic N) is 2. The van der Waals surface area contributed by atoms with Gasteiger partial charge < -0.3 is 9.63 Å². The standard InChI is InChI=1S/C11H11N2O6P/c1-20(16,17)19-7-18-10-5-4-9(13(14)15)8-3-2-6-12-11(8)10/h2-6H,7H2,1H3,(H,16,17). The second kappa shape index (κ2) is 5.54. The van der Waals surface area contributed by atoms with Gasteiger partial charge in [0.2, 0.25) is 0 Å². The summed E-state index contributed by atoms with van der Waals surface area (Å²) >= 11 is 0. The zero-order valence-corrected chi connectivity index (χ0v) is 11.3. The van der Waals surface area contributed by atoms with E-state index in [1.165, 1.54) is 18.3 Å². The zero-order chi connectivity index (χ0) is 14.8. The Morgan fingerprint density at radius 2 is 2.20 bits per heavy atom. The predicted octanol–water partition coefficient (Wildman–Crippen LogP) is 2.31. The van der Waals surface area contributed by atoms with Crippen LogP contribution in [0.25, 0.3) is 10.9 Å². The predicted molar refractivity (Wildman–Crippen MR) is 70.7 cm³/mol. The molecular weight excluding hydrogens is 287 g/mol. The minimum atomic E-state index is -3.64. The Hall–Kier alpha value is -2.02. The van der Waals surface area contributed by atoms with Gasteiger partial charge >= 0.3 is 7.60 Å². The molecule has 106 valence electrons. The van der Waals surface area contributed by atoms with Crippen LogP contribution in [-0.2, 0) is 9.09 Å². The van der Waals surface area contributed by atoms with E-state index in [1.54, 1.807) is 12.1 Å². The second-order valence-electron chi connectivity index (χ2n) is 3.93. The molecule has 0 aliphatic heterocycles. The Morgan fingerprint density at radius 3 is 2.85 bits per heavy atom. The molecule has 1 aromatic heterocycles. The van der Waals surface area contributed by atoms with Gasteiger partial charge in [-0.3, -0.25) is 24.2 Å². The molecule has 0 aliphatic carbocycles. The first-order valence-corrected chi connectivity index (χ1v) is 7.51. The molecular formula is C11H11N2O6P. The van der Waals surface area contributed by atoms with E-state index in [0.717, 1.165) is 6.66 Å². The van der Waals surface area contributed by atoms with Gasteiger partial charge in [0, 0.05) is 18.9 Å². The van der Waals surface area contributed by atoms with Gasteiger partial charge in [0.05, 0.1) is 10.3 Å². The molecule has 0 amide bonds. The summed E-state index contributed by atoms with van der Waals surface area (Å²) in [6.45, 7) is 0.580. The van der Waals surface area contributed by atoms with Gasteiger partial charge in [-0.05, 0) is 18.2 Å². The van der Waals surface area contributed by atoms with Crippen LogP contribution in [0.15, 0.2) is 30.5 Å². The van der Waals surface area contributed by atoms with Crippen LogP contribution >= 0.6 is 7.60 Å². The fourth-order valence-corrected chi connectivity index (χ4v) is 1.84. The molecule has 0 radical (unpaired) electrons. The normalized spacial score (nSPS) is 13.9. The minimum absolute atomic E-state index is 0.0929. The summed E-state index contributed by atoms with van der Waals surface area (Å²) in [5.74, 6) is 0.236. The number of ether oxygens (including phenoxy) is 1. The summed E-state index contributed by atoms with van der Waals surface area (Å²) in [5, 5.41) is 11.2. The number of hydrogen-bond donors (Lipinski definition) is 1. The van der Waals surface area contributed by atoms with E-state index < -0.39 is 19.3 Å². The lowest BCUT2D eigenvalue weighted by Crippen LogP contribution is -2.02. The van der Waals surface area contributed by atoms with Crippen molar-refractivity contribution in [2.75, 3.05) is 13.5 Å². The van der Waals surface area contributed by atoms with Gasteiger partial charge in [-0.1, -0.05) is 0 Å². The third-order valence-corrected chi connectivity index (χ3v) is 3.00. The monoisotopic (exact) mass is 298 g/mol. The molecule has 2 rings (SSSR count). The number of fused-ring (bicyclic) bond motifs is 1. The third-order valence-electron chi connectivity index (χ3n) is 2.41. The summed E-state index contributed by atoms with van der Waals surface area (Å²) in [7, 11) is -3.64. The Labute approximate surface area is 113 Å². The number of rotatable bonds is 5. The molecule has 9 heteroatoms. The molecule has 8 nitrogen and oxygen atoms in total. The smallest absolute Gasteiger partial charge is 0.327 e. The summed E-state index contributed by atoms with van der Waals surface area (Å²) in [5.41, 5.74) is 0.193. The van der Waals surface area contributed by atoms with E-state index in [2.05, 4.69) is 9.51 Å². The van der Waals surface area contributed by atoms with Crippen molar-refractivity contribution >= 4 is 24.2 Å². The molecule has 0 aliphatic rings. The molecule has 0 fully saturated rings. The van der Waals surface area contributed by atoms with Crippen molar-refractivity contribution in [3.63, 3.8) is 0 Å². The number of nitro benzene ring substituents is 1. The van der Waals surface area contributed by atoms with E-state index in [4.69, 9.17) is 9.63 Å². The highest BCUT2D eigenvalue weighted by Crippen LogP contribution is 2.37. The molecule has 1 N–H and O–H groups in total. The maximum Gasteiger partial charge on any atom is 0.327 e. The summed E-state index contributed by atoms with van der Waals surface area (Å²) in [6.07, 6.45) is 1.47. The molecule has 20 heavy (non-hydrogen) atoms. The summed E-state index contributed by atoms with van der Waals surface area (Å²) in [6, 6.07) is 5.77. The summed E-state index contributed by atoms with van der Waals surface area (Å²) in [4.78, 5) is 23.4. The largest absolute Gasteiger partial charge is 0.465 e. The number of aromatic nitrogens is 1. The maximum atomic E-state index is 11.0. The van der Waals surface area contributed by atoms with Crippen LogP contribution in [0, 0.1) is 10.1 Å². The van der Waals surface area contributed by atoms with Gasteiger partial charge in [0.25, 0.3) is 5.69 Å². The zero-order valence-electron chi connectivity index (χ0n) is 10.4. The van der Waals surface area contributed by atoms with Crippen molar-refractivity contribution in [3.8, 4) is 5.75 Å². The van der Waals surface area contributed by atoms with Crippen LogP contribution in [0.5, 0.6) is 5.75 Å². The van der Waals surface area contributed by atoms with Crippen LogP contribution in [0.4, 0.5) is 5.69 Å². The minimum Gasteiger partial charge on any atom is -0.465 e. The van der Waals surface area contributed by atoms with Crippen LogP contribution < -0.4 is 4.74 Å². The lowest BCUT2D eigenvalue weighted by Gasteiger charge is -2.10. The van der Waals surface area contributed by atoms with E-state index in [1.807, 2.05) is 0 Å². The molecule has 1 atom stereocenters. The van der Waals surface area contributed by atoms with Crippen LogP contribution in [0.1, 0.15) is 0 Å². The van der Waals surface area contributed by atoms with Crippen molar-refractivity contribution < 1.29 is 23.6 Å². The van der Waals surface area contributed by atoms with Crippen molar-refractivity contribution in [3.05, 3.63) is 40.6 Å². The fraction of sp³-hybridized carbons (Fsp3) is 0.182. The van der Waals surface area contributed by atoms with Gasteiger partial charge in [-0.15, -0.1) is 0 Å². The van der Waals surface area contributed by atoms with Crippen LogP contribution in [0.2, 0.25) is 0 Å². The van der Waals surface area contributed by atoms with Crippen molar-refractivity contribution in [1.82, 2.24) is 4.98 Å². The molecule has 0 bridgehead atoms. The average Bonchev–Trinajstić information content (AvgIpc) is 2.37. The second-order valence-corrected chi connectivity index (χ2v) is 5.80. The molecule has 1 heterocycles. The van der Waals surface area contributed by atoms with E-state index in [0.29, 0.717) is 5.39 Å². The van der Waals surface area contributed by atoms with Crippen LogP contribution in [-0.4, -0.2) is 28.3 Å². The van der Waals surface area contributed by atoms with Gasteiger partial charge in [0.15, 0.2) is 6.79 Å². The highest BCUT2D eigenvalue weighted by molar-refractivity contribution is 7.51. The maximum absolute atomic E-state index is 11.0. The van der Waals surface area contributed by atoms with Gasteiger partial charge in [0.1, 0.15) is 11.3 Å². The number of non-ortho nitro benzene ring substituents is 1. The van der Waals surface area contributed by atoms with Gasteiger partial charge in [-0.2, -0.15) is 0 Å². The summed E-state index contributed by atoms with van der Waals surface area (Å²) < 4.78 is 20.7. The first kappa shape index (κ1) is 14.4. The molecule has 0 spiro atoms. The topological polar surface area (TPSA) is 112 Å². The Morgan fingerprint density at radius 1 is 1.45 bits per heavy atom. The molecule has 0 saturated carbocycles. The van der Waals surface area contributed by atoms with Crippen molar-refractivity contribution in [2.24, 2.45) is 0 Å². The van der Waals surface area contributed by atoms with Crippen LogP contribution in [0.3, 0.4) is 0 Å². The Kier molecular flexibility index (Phi) is 3.99. The van der Waals surface area contributed by atoms with Crippen molar-refractivity contribution in [2.45, 2.75) is 0 Å². The SMILES string of the molecule is CP(=O)(O)OCOc1ccc([N+](=O)[O-])c2cccnc12. The molecule has 1 unspecified atom stereocenters. The molecule has 1 aromatic carbocycles. The number of hydrogen-bond acceptors (Lipinski definition) is 6. The third kappa shape index (κ3) is 3.30. The fourth-order valence-electron chi connectivity index (χ4n) is 1.59. The number of nitro groups is 1. The van der Waals surface area contributed by atoms with Gasteiger partial charge in [-0.25, -0.2) is 0 Å².